The maximum absolute atomic E-state index is 11.6. The Morgan fingerprint density at radius 2 is 2.16 bits per heavy atom. The van der Waals surface area contributed by atoms with Gasteiger partial charge in [0.2, 0.25) is 5.01 Å². The van der Waals surface area contributed by atoms with Gasteiger partial charge in [0.15, 0.2) is 5.69 Å². The van der Waals surface area contributed by atoms with E-state index in [4.69, 9.17) is 9.47 Å². The molecular formula is C12H15NO5S. The van der Waals surface area contributed by atoms with Gasteiger partial charge in [-0.25, -0.2) is 14.6 Å². The first kappa shape index (κ1) is 14.0. The summed E-state index contributed by atoms with van der Waals surface area (Å²) in [5, 5.41) is 9.29. The largest absolute Gasteiger partial charge is 0.476 e. The summed E-state index contributed by atoms with van der Waals surface area (Å²) in [5.41, 5.74) is -0.0278. The van der Waals surface area contributed by atoms with Crippen LogP contribution in [-0.4, -0.2) is 41.8 Å². The third-order valence-electron chi connectivity index (χ3n) is 2.90. The smallest absolute Gasteiger partial charge is 0.367 e. The molecule has 7 heteroatoms. The van der Waals surface area contributed by atoms with Gasteiger partial charge in [-0.05, 0) is 19.8 Å². The molecule has 0 atom stereocenters. The van der Waals surface area contributed by atoms with Gasteiger partial charge in [0.25, 0.3) is 0 Å². The maximum atomic E-state index is 11.6. The van der Waals surface area contributed by atoms with Crippen molar-refractivity contribution in [2.24, 2.45) is 0 Å². The predicted octanol–water partition coefficient (Wildman–Crippen LogP) is 1.91. The summed E-state index contributed by atoms with van der Waals surface area (Å²) >= 11 is 1.12. The van der Waals surface area contributed by atoms with Gasteiger partial charge in [-0.1, -0.05) is 0 Å². The fraction of sp³-hybridized carbons (Fsp3) is 0.583. The maximum Gasteiger partial charge on any atom is 0.367 e. The summed E-state index contributed by atoms with van der Waals surface area (Å²) in [5.74, 6) is -1.57. The number of esters is 1. The SMILES string of the molecule is CCOC(=O)c1nc(C(=O)O)c(C2CCOCC2)s1. The number of nitrogens with zero attached hydrogens (tertiary/aromatic N) is 1. The minimum absolute atomic E-state index is 0.0278. The molecule has 1 aliphatic heterocycles. The lowest BCUT2D eigenvalue weighted by Crippen LogP contribution is -2.15. The second-order valence-corrected chi connectivity index (χ2v) is 5.17. The Hall–Kier alpha value is -1.47. The van der Waals surface area contributed by atoms with Crippen LogP contribution < -0.4 is 0 Å². The van der Waals surface area contributed by atoms with Crippen LogP contribution in [0.5, 0.6) is 0 Å². The third kappa shape index (κ3) is 3.10. The number of thiazole rings is 1. The van der Waals surface area contributed by atoms with Crippen molar-refractivity contribution in [3.63, 3.8) is 0 Å². The minimum atomic E-state index is -1.10. The topological polar surface area (TPSA) is 85.7 Å². The van der Waals surface area contributed by atoms with Gasteiger partial charge in [-0.3, -0.25) is 0 Å². The van der Waals surface area contributed by atoms with Crippen LogP contribution in [0.15, 0.2) is 0 Å². The fourth-order valence-corrected chi connectivity index (χ4v) is 3.12. The average molecular weight is 285 g/mol. The molecule has 0 amide bonds. The van der Waals surface area contributed by atoms with Crippen LogP contribution >= 0.6 is 11.3 Å². The summed E-state index contributed by atoms with van der Waals surface area (Å²) in [7, 11) is 0. The van der Waals surface area contributed by atoms with Gasteiger partial charge < -0.3 is 14.6 Å². The Morgan fingerprint density at radius 1 is 1.47 bits per heavy atom. The Balaban J connectivity index is 2.29. The predicted molar refractivity (Wildman–Crippen MR) is 67.8 cm³/mol. The number of carboxylic acids is 1. The summed E-state index contributed by atoms with van der Waals surface area (Å²) in [6, 6.07) is 0. The van der Waals surface area contributed by atoms with Gasteiger partial charge in [0.05, 0.1) is 6.61 Å². The van der Waals surface area contributed by atoms with Crippen molar-refractivity contribution in [3.8, 4) is 0 Å². The molecule has 1 aromatic rings. The number of ether oxygens (including phenoxy) is 2. The average Bonchev–Trinajstić information content (AvgIpc) is 2.85. The normalized spacial score (nSPS) is 16.3. The highest BCUT2D eigenvalue weighted by Gasteiger charge is 2.28. The standard InChI is InChI=1S/C12H15NO5S/c1-2-18-12(16)10-13-8(11(14)15)9(19-10)7-3-5-17-6-4-7/h7H,2-6H2,1H3,(H,14,15). The molecule has 0 aromatic carbocycles. The highest BCUT2D eigenvalue weighted by Crippen LogP contribution is 2.34. The van der Waals surface area contributed by atoms with Crippen molar-refractivity contribution in [1.29, 1.82) is 0 Å². The monoisotopic (exact) mass is 285 g/mol. The van der Waals surface area contributed by atoms with E-state index in [1.54, 1.807) is 6.92 Å². The van der Waals surface area contributed by atoms with E-state index < -0.39 is 11.9 Å². The van der Waals surface area contributed by atoms with Crippen molar-refractivity contribution in [2.75, 3.05) is 19.8 Å². The van der Waals surface area contributed by atoms with Crippen molar-refractivity contribution in [2.45, 2.75) is 25.7 Å². The van der Waals surface area contributed by atoms with Crippen molar-refractivity contribution in [3.05, 3.63) is 15.6 Å². The lowest BCUT2D eigenvalue weighted by molar-refractivity contribution is 0.0526. The van der Waals surface area contributed by atoms with Crippen LogP contribution in [0.4, 0.5) is 0 Å². The molecule has 1 saturated heterocycles. The third-order valence-corrected chi connectivity index (χ3v) is 4.10. The van der Waals surface area contributed by atoms with Crippen molar-refractivity contribution < 1.29 is 24.2 Å². The second kappa shape index (κ2) is 6.12. The van der Waals surface area contributed by atoms with Gasteiger partial charge >= 0.3 is 11.9 Å². The Labute approximate surface area is 114 Å². The number of carbonyl (C=O) groups excluding carboxylic acids is 1. The van der Waals surface area contributed by atoms with Crippen LogP contribution in [0.3, 0.4) is 0 Å². The quantitative estimate of drug-likeness (QED) is 0.850. The molecule has 1 aliphatic rings. The number of aromatic nitrogens is 1. The summed E-state index contributed by atoms with van der Waals surface area (Å²) in [6.45, 7) is 3.16. The van der Waals surface area contributed by atoms with Gasteiger partial charge in [0.1, 0.15) is 0 Å². The van der Waals surface area contributed by atoms with Crippen molar-refractivity contribution in [1.82, 2.24) is 4.98 Å². The molecule has 0 bridgehead atoms. The molecule has 104 valence electrons. The minimum Gasteiger partial charge on any atom is -0.476 e. The van der Waals surface area contributed by atoms with E-state index >= 15 is 0 Å². The van der Waals surface area contributed by atoms with Crippen LogP contribution in [-0.2, 0) is 9.47 Å². The molecule has 0 spiro atoms. The number of carboxylic acid groups (broad SMARTS) is 1. The van der Waals surface area contributed by atoms with E-state index in [1.807, 2.05) is 0 Å². The van der Waals surface area contributed by atoms with Crippen molar-refractivity contribution >= 4 is 23.3 Å². The molecule has 1 aromatic heterocycles. The highest BCUT2D eigenvalue weighted by atomic mass is 32.1. The van der Waals surface area contributed by atoms with Crippen LogP contribution in [0, 0.1) is 0 Å². The molecule has 2 heterocycles. The Kier molecular flexibility index (Phi) is 4.49. The molecule has 0 unspecified atom stereocenters. The van der Waals surface area contributed by atoms with Gasteiger partial charge in [0, 0.05) is 24.0 Å². The highest BCUT2D eigenvalue weighted by molar-refractivity contribution is 7.13. The summed E-state index contributed by atoms with van der Waals surface area (Å²) in [6.07, 6.45) is 1.51. The lowest BCUT2D eigenvalue weighted by atomic mass is 9.97. The fourth-order valence-electron chi connectivity index (χ4n) is 2.00. The first-order chi connectivity index (χ1) is 9.13. The summed E-state index contributed by atoms with van der Waals surface area (Å²) in [4.78, 5) is 27.4. The van der Waals surface area contributed by atoms with Crippen LogP contribution in [0.1, 0.15) is 50.9 Å². The van der Waals surface area contributed by atoms with Gasteiger partial charge in [-0.2, -0.15) is 0 Å². The number of hydrogen-bond acceptors (Lipinski definition) is 6. The van der Waals surface area contributed by atoms with E-state index in [-0.39, 0.29) is 23.2 Å². The zero-order chi connectivity index (χ0) is 13.8. The van der Waals surface area contributed by atoms with E-state index in [0.29, 0.717) is 18.1 Å². The number of aromatic carboxylic acids is 1. The molecule has 1 fully saturated rings. The molecule has 0 radical (unpaired) electrons. The van der Waals surface area contributed by atoms with Crippen LogP contribution in [0.2, 0.25) is 0 Å². The molecule has 1 N–H and O–H groups in total. The molecule has 0 saturated carbocycles. The number of carbonyl (C=O) groups is 2. The Morgan fingerprint density at radius 3 is 2.74 bits per heavy atom. The van der Waals surface area contributed by atoms with E-state index in [2.05, 4.69) is 4.98 Å². The molecule has 2 rings (SSSR count). The number of rotatable bonds is 4. The Bertz CT molecular complexity index is 478. The van der Waals surface area contributed by atoms with E-state index in [0.717, 1.165) is 24.2 Å². The first-order valence-electron chi connectivity index (χ1n) is 6.12. The zero-order valence-electron chi connectivity index (χ0n) is 10.5. The zero-order valence-corrected chi connectivity index (χ0v) is 11.4. The van der Waals surface area contributed by atoms with E-state index in [9.17, 15) is 14.7 Å². The lowest BCUT2D eigenvalue weighted by Gasteiger charge is -2.20. The molecular weight excluding hydrogens is 270 g/mol. The number of hydrogen-bond donors (Lipinski definition) is 1. The molecule has 6 nitrogen and oxygen atoms in total. The second-order valence-electron chi connectivity index (χ2n) is 4.14. The van der Waals surface area contributed by atoms with Crippen LogP contribution in [0.25, 0.3) is 0 Å². The van der Waals surface area contributed by atoms with E-state index in [1.165, 1.54) is 0 Å². The molecule has 0 aliphatic carbocycles. The van der Waals surface area contributed by atoms with Gasteiger partial charge in [-0.15, -0.1) is 11.3 Å². The first-order valence-corrected chi connectivity index (χ1v) is 6.94. The summed E-state index contributed by atoms with van der Waals surface area (Å²) < 4.78 is 10.1. The molecule has 19 heavy (non-hydrogen) atoms.